The summed E-state index contributed by atoms with van der Waals surface area (Å²) in [7, 11) is 1.54. The fourth-order valence-corrected chi connectivity index (χ4v) is 1.70. The van der Waals surface area contributed by atoms with Crippen molar-refractivity contribution in [2.75, 3.05) is 7.11 Å². The van der Waals surface area contributed by atoms with E-state index < -0.39 is 17.7 Å². The highest BCUT2D eigenvalue weighted by atomic mass is 19.2. The molecule has 0 amide bonds. The summed E-state index contributed by atoms with van der Waals surface area (Å²) in [6.07, 6.45) is 0. The second-order valence-electron chi connectivity index (χ2n) is 3.86. The zero-order valence-electron chi connectivity index (χ0n) is 9.82. The highest BCUT2D eigenvalue weighted by Gasteiger charge is 2.19. The van der Waals surface area contributed by atoms with Crippen LogP contribution in [-0.4, -0.2) is 7.11 Å². The van der Waals surface area contributed by atoms with Crippen molar-refractivity contribution in [3.05, 3.63) is 59.1 Å². The van der Waals surface area contributed by atoms with Gasteiger partial charge < -0.3 is 14.9 Å². The molecule has 5 heteroatoms. The molecule has 0 fully saturated rings. The van der Waals surface area contributed by atoms with Crippen LogP contribution < -0.4 is 5.73 Å². The SMILES string of the molecule is COCc1ccc(C(N)c2cccc(F)c2F)o1. The van der Waals surface area contributed by atoms with Crippen molar-refractivity contribution in [2.24, 2.45) is 5.73 Å². The number of furan rings is 1. The Balaban J connectivity index is 2.29. The molecule has 3 nitrogen and oxygen atoms in total. The molecule has 0 aliphatic rings. The summed E-state index contributed by atoms with van der Waals surface area (Å²) < 4.78 is 37.0. The Morgan fingerprint density at radius 2 is 2.06 bits per heavy atom. The van der Waals surface area contributed by atoms with Crippen molar-refractivity contribution in [3.63, 3.8) is 0 Å². The van der Waals surface area contributed by atoms with Gasteiger partial charge in [0.05, 0.1) is 6.04 Å². The monoisotopic (exact) mass is 253 g/mol. The molecule has 1 aromatic carbocycles. The summed E-state index contributed by atoms with van der Waals surface area (Å²) in [5.41, 5.74) is 5.92. The van der Waals surface area contributed by atoms with Gasteiger partial charge in [-0.25, -0.2) is 8.78 Å². The Labute approximate surface area is 103 Å². The smallest absolute Gasteiger partial charge is 0.164 e. The molecule has 2 N–H and O–H groups in total. The molecule has 96 valence electrons. The first kappa shape index (κ1) is 12.7. The molecule has 0 radical (unpaired) electrons. The normalized spacial score (nSPS) is 12.7. The van der Waals surface area contributed by atoms with E-state index in [1.807, 2.05) is 0 Å². The first-order chi connectivity index (χ1) is 8.63. The summed E-state index contributed by atoms with van der Waals surface area (Å²) in [5.74, 6) is -0.923. The van der Waals surface area contributed by atoms with Gasteiger partial charge in [-0.3, -0.25) is 0 Å². The lowest BCUT2D eigenvalue weighted by molar-refractivity contribution is 0.162. The third-order valence-corrected chi connectivity index (χ3v) is 2.59. The van der Waals surface area contributed by atoms with Gasteiger partial charge in [0.25, 0.3) is 0 Å². The molecule has 1 aromatic heterocycles. The Hall–Kier alpha value is -1.72. The molecule has 18 heavy (non-hydrogen) atoms. The van der Waals surface area contributed by atoms with Gasteiger partial charge >= 0.3 is 0 Å². The number of halogens is 2. The maximum atomic E-state index is 13.6. The average Bonchev–Trinajstić information content (AvgIpc) is 2.81. The lowest BCUT2D eigenvalue weighted by Crippen LogP contribution is -2.13. The van der Waals surface area contributed by atoms with E-state index in [-0.39, 0.29) is 5.56 Å². The van der Waals surface area contributed by atoms with Crippen LogP contribution in [0.1, 0.15) is 23.1 Å². The fraction of sp³-hybridized carbons (Fsp3) is 0.231. The van der Waals surface area contributed by atoms with E-state index in [9.17, 15) is 8.78 Å². The van der Waals surface area contributed by atoms with Crippen LogP contribution in [0.4, 0.5) is 8.78 Å². The Bertz CT molecular complexity index is 540. The average molecular weight is 253 g/mol. The largest absolute Gasteiger partial charge is 0.462 e. The molecule has 1 heterocycles. The Morgan fingerprint density at radius 1 is 1.28 bits per heavy atom. The second-order valence-corrected chi connectivity index (χ2v) is 3.86. The quantitative estimate of drug-likeness (QED) is 0.911. The van der Waals surface area contributed by atoms with Crippen LogP contribution in [0, 0.1) is 11.6 Å². The predicted molar refractivity (Wildman–Crippen MR) is 61.8 cm³/mol. The third-order valence-electron chi connectivity index (χ3n) is 2.59. The number of hydrogen-bond acceptors (Lipinski definition) is 3. The summed E-state index contributed by atoms with van der Waals surface area (Å²) in [6.45, 7) is 0.304. The van der Waals surface area contributed by atoms with Gasteiger partial charge in [-0.1, -0.05) is 12.1 Å². The fourth-order valence-electron chi connectivity index (χ4n) is 1.70. The molecule has 1 atom stereocenters. The van der Waals surface area contributed by atoms with Gasteiger partial charge in [0.2, 0.25) is 0 Å². The van der Waals surface area contributed by atoms with E-state index in [4.69, 9.17) is 14.9 Å². The zero-order chi connectivity index (χ0) is 13.1. The molecule has 0 saturated carbocycles. The van der Waals surface area contributed by atoms with Crippen LogP contribution in [0.25, 0.3) is 0 Å². The number of methoxy groups -OCH3 is 1. The van der Waals surface area contributed by atoms with Crippen molar-refractivity contribution < 1.29 is 17.9 Å². The van der Waals surface area contributed by atoms with Crippen LogP contribution in [0.2, 0.25) is 0 Å². The summed E-state index contributed by atoms with van der Waals surface area (Å²) in [5, 5.41) is 0. The topological polar surface area (TPSA) is 48.4 Å². The molecule has 0 bridgehead atoms. The summed E-state index contributed by atoms with van der Waals surface area (Å²) in [6, 6.07) is 6.36. The van der Waals surface area contributed by atoms with E-state index >= 15 is 0 Å². The van der Waals surface area contributed by atoms with Crippen LogP contribution in [0.15, 0.2) is 34.7 Å². The van der Waals surface area contributed by atoms with Gasteiger partial charge in [-0.05, 0) is 18.2 Å². The van der Waals surface area contributed by atoms with Gasteiger partial charge in [-0.15, -0.1) is 0 Å². The molecule has 0 saturated heterocycles. The maximum Gasteiger partial charge on any atom is 0.164 e. The zero-order valence-corrected chi connectivity index (χ0v) is 9.82. The van der Waals surface area contributed by atoms with Gasteiger partial charge in [0.15, 0.2) is 11.6 Å². The number of nitrogens with two attached hydrogens (primary N) is 1. The Kier molecular flexibility index (Phi) is 3.74. The minimum absolute atomic E-state index is 0.0633. The summed E-state index contributed by atoms with van der Waals surface area (Å²) in [4.78, 5) is 0. The molecular formula is C13H13F2NO2. The summed E-state index contributed by atoms with van der Waals surface area (Å²) >= 11 is 0. The standard InChI is InChI=1S/C13H13F2NO2/c1-17-7-8-5-6-11(18-8)13(16)9-3-2-4-10(14)12(9)15/h2-6,13H,7,16H2,1H3. The van der Waals surface area contributed by atoms with Gasteiger partial charge in [-0.2, -0.15) is 0 Å². The molecule has 0 aliphatic carbocycles. The van der Waals surface area contributed by atoms with Crippen LogP contribution in [0.5, 0.6) is 0 Å². The van der Waals surface area contributed by atoms with Crippen molar-refractivity contribution in [1.82, 2.24) is 0 Å². The van der Waals surface area contributed by atoms with Crippen molar-refractivity contribution in [1.29, 1.82) is 0 Å². The molecule has 0 aliphatic heterocycles. The first-order valence-electron chi connectivity index (χ1n) is 5.40. The molecular weight excluding hydrogens is 240 g/mol. The van der Waals surface area contributed by atoms with Gasteiger partial charge in [0.1, 0.15) is 18.1 Å². The molecule has 0 spiro atoms. The lowest BCUT2D eigenvalue weighted by atomic mass is 10.0. The number of benzene rings is 1. The highest BCUT2D eigenvalue weighted by molar-refractivity contribution is 5.28. The van der Waals surface area contributed by atoms with Crippen molar-refractivity contribution >= 4 is 0 Å². The molecule has 2 aromatic rings. The number of rotatable bonds is 4. The van der Waals surface area contributed by atoms with Crippen LogP contribution >= 0.6 is 0 Å². The van der Waals surface area contributed by atoms with Crippen molar-refractivity contribution in [2.45, 2.75) is 12.6 Å². The maximum absolute atomic E-state index is 13.6. The second kappa shape index (κ2) is 5.29. The van der Waals surface area contributed by atoms with Crippen LogP contribution in [-0.2, 0) is 11.3 Å². The number of ether oxygens (including phenoxy) is 1. The van der Waals surface area contributed by atoms with E-state index in [1.165, 1.54) is 19.2 Å². The number of hydrogen-bond donors (Lipinski definition) is 1. The minimum atomic E-state index is -0.949. The van der Waals surface area contributed by atoms with E-state index in [2.05, 4.69) is 0 Å². The van der Waals surface area contributed by atoms with Crippen LogP contribution in [0.3, 0.4) is 0 Å². The third kappa shape index (κ3) is 2.42. The molecule has 2 rings (SSSR count). The predicted octanol–water partition coefficient (Wildman–Crippen LogP) is 2.75. The minimum Gasteiger partial charge on any atom is -0.462 e. The van der Waals surface area contributed by atoms with Crippen molar-refractivity contribution in [3.8, 4) is 0 Å². The first-order valence-corrected chi connectivity index (χ1v) is 5.40. The van der Waals surface area contributed by atoms with E-state index in [0.717, 1.165) is 6.07 Å². The lowest BCUT2D eigenvalue weighted by Gasteiger charge is -2.10. The van der Waals surface area contributed by atoms with E-state index in [1.54, 1.807) is 12.1 Å². The highest BCUT2D eigenvalue weighted by Crippen LogP contribution is 2.25. The van der Waals surface area contributed by atoms with Gasteiger partial charge in [0, 0.05) is 12.7 Å². The Morgan fingerprint density at radius 3 is 2.78 bits per heavy atom. The molecule has 1 unspecified atom stereocenters. The van der Waals surface area contributed by atoms with E-state index in [0.29, 0.717) is 18.1 Å².